The van der Waals surface area contributed by atoms with Crippen LogP contribution in [-0.4, -0.2) is 46.7 Å². The first-order valence-corrected chi connectivity index (χ1v) is 19.1. The van der Waals surface area contributed by atoms with E-state index in [0.717, 1.165) is 38.5 Å². The van der Waals surface area contributed by atoms with Crippen LogP contribution in [0.2, 0.25) is 0 Å². The summed E-state index contributed by atoms with van der Waals surface area (Å²) in [6.45, 7) is 9.19. The molecule has 0 bridgehead atoms. The van der Waals surface area contributed by atoms with Gasteiger partial charge in [-0.25, -0.2) is 9.78 Å². The molecule has 0 fully saturated rings. The largest absolute Gasteiger partial charge is 0.445 e. The quantitative estimate of drug-likeness (QED) is 0.0691. The molecule has 3 unspecified atom stereocenters. The highest BCUT2D eigenvalue weighted by Crippen LogP contribution is 2.20. The van der Waals surface area contributed by atoms with E-state index in [-0.39, 0.29) is 31.0 Å². The third-order valence-electron chi connectivity index (χ3n) is 8.89. The van der Waals surface area contributed by atoms with Crippen molar-refractivity contribution in [3.8, 4) is 0 Å². The number of aromatic nitrogens is 1. The van der Waals surface area contributed by atoms with Gasteiger partial charge in [0.15, 0.2) is 0 Å². The van der Waals surface area contributed by atoms with E-state index in [0.29, 0.717) is 30.6 Å². The third kappa shape index (κ3) is 12.1. The molecule has 1 aromatic heterocycles. The first kappa shape index (κ1) is 39.8. The van der Waals surface area contributed by atoms with Crippen LogP contribution in [0.5, 0.6) is 0 Å². The van der Waals surface area contributed by atoms with Gasteiger partial charge in [0.1, 0.15) is 11.6 Å². The lowest BCUT2D eigenvalue weighted by molar-refractivity contribution is 0.0830. The molecule has 0 aliphatic carbocycles. The molecule has 3 amide bonds. The summed E-state index contributed by atoms with van der Waals surface area (Å²) < 4.78 is 5.38. The highest BCUT2D eigenvalue weighted by atomic mass is 32.1. The summed E-state index contributed by atoms with van der Waals surface area (Å²) in [6, 6.07) is 31.1. The van der Waals surface area contributed by atoms with Crippen LogP contribution < -0.4 is 21.3 Å². The summed E-state index contributed by atoms with van der Waals surface area (Å²) in [6.07, 6.45) is -1.02. The molecule has 282 valence electrons. The highest BCUT2D eigenvalue weighted by Gasteiger charge is 2.23. The van der Waals surface area contributed by atoms with E-state index >= 15 is 0 Å². The Kier molecular flexibility index (Phi) is 14.5. The molecular weight excluding hydrogens is 699 g/mol. The molecule has 5 N–H and O–H groups in total. The van der Waals surface area contributed by atoms with Crippen molar-refractivity contribution in [3.05, 3.63) is 158 Å². The molecule has 0 saturated heterocycles. The van der Waals surface area contributed by atoms with Gasteiger partial charge in [-0.1, -0.05) is 98.8 Å². The van der Waals surface area contributed by atoms with E-state index in [1.54, 1.807) is 24.3 Å². The zero-order valence-electron chi connectivity index (χ0n) is 31.2. The molecule has 0 spiro atoms. The third-order valence-corrected chi connectivity index (χ3v) is 10.0. The molecule has 3 atom stereocenters. The number of nitrogens with one attached hydrogen (secondary N) is 4. The van der Waals surface area contributed by atoms with Gasteiger partial charge in [0.05, 0.1) is 18.2 Å². The molecule has 5 aromatic rings. The van der Waals surface area contributed by atoms with Crippen molar-refractivity contribution in [1.82, 2.24) is 26.3 Å². The van der Waals surface area contributed by atoms with Crippen LogP contribution in [0.25, 0.3) is 0 Å². The number of nitrogens with zero attached hydrogens (tertiary/aromatic N) is 1. The van der Waals surface area contributed by atoms with E-state index in [2.05, 4.69) is 52.2 Å². The smallest absolute Gasteiger partial charge is 0.407 e. The Hall–Kier alpha value is -5.36. The standard InChI is InChI=1S/C43H49N5O5S/c1-28(2)37-19-33(18-34(20-37)24-45-43(52)53-26-32-14-9-6-10-15-32)23-44-25-39(49)38(21-31-12-7-5-8-13-31)48-41(51)36-17-11-16-35(22-36)40(50)47-30(4)42-46-29(3)27-54-42/h5-20,22,27-28,30,38-39,44,49H,21,23-26H2,1-4H3,(H,45,52)(H,47,50)(H,48,51). The normalized spacial score (nSPS) is 12.8. The van der Waals surface area contributed by atoms with Gasteiger partial charge in [-0.3, -0.25) is 9.59 Å². The number of carbonyl (C=O) groups is 3. The van der Waals surface area contributed by atoms with E-state index in [9.17, 15) is 19.5 Å². The maximum absolute atomic E-state index is 13.6. The van der Waals surface area contributed by atoms with Crippen molar-refractivity contribution in [3.63, 3.8) is 0 Å². The molecule has 0 radical (unpaired) electrons. The number of hydrogen-bond donors (Lipinski definition) is 5. The predicted octanol–water partition coefficient (Wildman–Crippen LogP) is 6.98. The number of aryl methyl sites for hydroxylation is 1. The van der Waals surface area contributed by atoms with Gasteiger partial charge >= 0.3 is 6.09 Å². The van der Waals surface area contributed by atoms with Crippen molar-refractivity contribution in [2.24, 2.45) is 0 Å². The summed E-state index contributed by atoms with van der Waals surface area (Å²) in [5.74, 6) is -0.434. The Morgan fingerprint density at radius 1 is 0.759 bits per heavy atom. The van der Waals surface area contributed by atoms with Crippen molar-refractivity contribution < 1.29 is 24.2 Å². The maximum Gasteiger partial charge on any atom is 0.407 e. The topological polar surface area (TPSA) is 142 Å². The van der Waals surface area contributed by atoms with Crippen LogP contribution >= 0.6 is 11.3 Å². The highest BCUT2D eigenvalue weighted by molar-refractivity contribution is 7.09. The molecule has 0 aliphatic heterocycles. The lowest BCUT2D eigenvalue weighted by Gasteiger charge is -2.25. The number of benzene rings is 4. The molecule has 0 aliphatic rings. The summed E-state index contributed by atoms with van der Waals surface area (Å²) in [5, 5.41) is 26.4. The number of rotatable bonds is 17. The first-order chi connectivity index (χ1) is 26.0. The first-order valence-electron chi connectivity index (χ1n) is 18.2. The maximum atomic E-state index is 13.6. The van der Waals surface area contributed by atoms with Crippen molar-refractivity contribution in [2.75, 3.05) is 6.54 Å². The van der Waals surface area contributed by atoms with Gasteiger partial charge < -0.3 is 31.1 Å². The number of aliphatic hydroxyl groups is 1. The van der Waals surface area contributed by atoms with E-state index in [1.165, 1.54) is 11.3 Å². The van der Waals surface area contributed by atoms with Crippen LogP contribution in [-0.2, 0) is 30.9 Å². The predicted molar refractivity (Wildman–Crippen MR) is 212 cm³/mol. The van der Waals surface area contributed by atoms with Crippen molar-refractivity contribution in [1.29, 1.82) is 0 Å². The molecule has 10 nitrogen and oxygen atoms in total. The number of amides is 3. The fourth-order valence-corrected chi connectivity index (χ4v) is 6.70. The van der Waals surface area contributed by atoms with Gasteiger partial charge in [0.2, 0.25) is 0 Å². The molecule has 54 heavy (non-hydrogen) atoms. The average molecular weight is 748 g/mol. The minimum atomic E-state index is -0.933. The minimum absolute atomic E-state index is 0.193. The molecule has 11 heteroatoms. The Balaban J connectivity index is 1.20. The second-order valence-electron chi connectivity index (χ2n) is 13.7. The van der Waals surface area contributed by atoms with E-state index in [1.807, 2.05) is 86.0 Å². The number of thiazole rings is 1. The molecular formula is C43H49N5O5S. The lowest BCUT2D eigenvalue weighted by atomic mass is 9.97. The van der Waals surface area contributed by atoms with Crippen LogP contribution in [0.4, 0.5) is 4.79 Å². The summed E-state index contributed by atoms with van der Waals surface area (Å²) in [7, 11) is 0. The number of carbonyl (C=O) groups excluding carboxylic acids is 3. The number of alkyl carbamates (subject to hydrolysis) is 1. The van der Waals surface area contributed by atoms with Crippen LogP contribution in [0.15, 0.2) is 109 Å². The van der Waals surface area contributed by atoms with Gasteiger partial charge in [-0.15, -0.1) is 11.3 Å². The van der Waals surface area contributed by atoms with Crippen LogP contribution in [0, 0.1) is 6.92 Å². The Bertz CT molecular complexity index is 1980. The Morgan fingerprint density at radius 2 is 1.39 bits per heavy atom. The van der Waals surface area contributed by atoms with Gasteiger partial charge in [-0.05, 0) is 72.2 Å². The van der Waals surface area contributed by atoms with Crippen LogP contribution in [0.1, 0.15) is 92.0 Å². The number of ether oxygens (including phenoxy) is 1. The molecule has 0 saturated carbocycles. The van der Waals surface area contributed by atoms with Gasteiger partial charge in [0.25, 0.3) is 11.8 Å². The van der Waals surface area contributed by atoms with Crippen molar-refractivity contribution in [2.45, 2.75) is 77.9 Å². The van der Waals surface area contributed by atoms with E-state index in [4.69, 9.17) is 4.74 Å². The summed E-state index contributed by atoms with van der Waals surface area (Å²) >= 11 is 1.49. The monoisotopic (exact) mass is 747 g/mol. The van der Waals surface area contributed by atoms with Gasteiger partial charge in [0, 0.05) is 41.8 Å². The average Bonchev–Trinajstić information content (AvgIpc) is 3.63. The molecule has 4 aromatic carbocycles. The fourth-order valence-electron chi connectivity index (χ4n) is 5.90. The minimum Gasteiger partial charge on any atom is -0.445 e. The number of aliphatic hydroxyl groups excluding tert-OH is 1. The lowest BCUT2D eigenvalue weighted by Crippen LogP contribution is -2.48. The fraction of sp³-hybridized carbons (Fsp3) is 0.302. The second-order valence-corrected chi connectivity index (χ2v) is 14.6. The molecule has 5 rings (SSSR count). The SMILES string of the molecule is Cc1csc(C(C)NC(=O)c2cccc(C(=O)NC(Cc3ccccc3)C(O)CNCc3cc(CNC(=O)OCc4ccccc4)cc(C(C)C)c3)c2)n1. The van der Waals surface area contributed by atoms with Crippen LogP contribution in [0.3, 0.4) is 0 Å². The zero-order valence-corrected chi connectivity index (χ0v) is 32.0. The zero-order chi connectivity index (χ0) is 38.5. The summed E-state index contributed by atoms with van der Waals surface area (Å²) in [4.78, 5) is 43.6. The Morgan fingerprint density at radius 3 is 2.02 bits per heavy atom. The second kappa shape index (κ2) is 19.6. The van der Waals surface area contributed by atoms with Crippen molar-refractivity contribution >= 4 is 29.2 Å². The van der Waals surface area contributed by atoms with E-state index < -0.39 is 24.1 Å². The Labute approximate surface area is 321 Å². The van der Waals surface area contributed by atoms with Gasteiger partial charge in [-0.2, -0.15) is 0 Å². The molecule has 1 heterocycles. The summed E-state index contributed by atoms with van der Waals surface area (Å²) in [5.41, 5.74) is 6.51. The number of hydrogen-bond acceptors (Lipinski definition) is 8.